The number of likely N-dealkylation sites (N-methyl/N-ethyl adjacent to an activating group) is 1. The fraction of sp³-hybridized carbons (Fsp3) is 0.273. The van der Waals surface area contributed by atoms with Crippen LogP contribution < -0.4 is 9.64 Å². The summed E-state index contributed by atoms with van der Waals surface area (Å²) >= 11 is 5.98. The number of aliphatic hydroxyl groups excluding tert-OH is 1. The van der Waals surface area contributed by atoms with Crippen molar-refractivity contribution in [3.63, 3.8) is 0 Å². The minimum atomic E-state index is -0.447. The summed E-state index contributed by atoms with van der Waals surface area (Å²) in [5.74, 6) is -0.306. The third-order valence-corrected chi connectivity index (χ3v) is 4.71. The van der Waals surface area contributed by atoms with Crippen LogP contribution >= 0.6 is 11.6 Å². The van der Waals surface area contributed by atoms with Crippen molar-refractivity contribution in [2.45, 2.75) is 20.0 Å². The molecule has 2 aromatic rings. The highest BCUT2D eigenvalue weighted by atomic mass is 35.5. The second-order valence-corrected chi connectivity index (χ2v) is 7.42. The predicted molar refractivity (Wildman–Crippen MR) is 113 cm³/mol. The highest BCUT2D eigenvalue weighted by Gasteiger charge is 2.41. The number of amides is 2. The Kier molecular flexibility index (Phi) is 6.25. The van der Waals surface area contributed by atoms with Crippen molar-refractivity contribution in [3.05, 3.63) is 64.8 Å². The molecule has 3 rings (SSSR count). The lowest BCUT2D eigenvalue weighted by molar-refractivity contribution is -0.120. The number of halogens is 1. The van der Waals surface area contributed by atoms with E-state index in [-0.39, 0.29) is 30.5 Å². The first-order chi connectivity index (χ1) is 13.8. The molecule has 0 spiro atoms. The normalized spacial score (nSPS) is 14.2. The lowest BCUT2D eigenvalue weighted by atomic mass is 10.0. The number of nitrogens with zero attached hydrogens (tertiary/aromatic N) is 2. The van der Waals surface area contributed by atoms with E-state index in [2.05, 4.69) is 0 Å². The average molecular weight is 415 g/mol. The van der Waals surface area contributed by atoms with Crippen LogP contribution in [0.1, 0.15) is 19.4 Å². The first-order valence-corrected chi connectivity index (χ1v) is 9.69. The van der Waals surface area contributed by atoms with Gasteiger partial charge in [-0.3, -0.25) is 9.59 Å². The van der Waals surface area contributed by atoms with Crippen molar-refractivity contribution in [1.29, 1.82) is 0 Å². The summed E-state index contributed by atoms with van der Waals surface area (Å²) in [7, 11) is 1.68. The molecule has 1 N–H and O–H groups in total. The largest absolute Gasteiger partial charge is 0.491 e. The summed E-state index contributed by atoms with van der Waals surface area (Å²) in [5, 5.41) is 9.87. The lowest BCUT2D eigenvalue weighted by Gasteiger charge is -2.21. The van der Waals surface area contributed by atoms with Crippen molar-refractivity contribution >= 4 is 34.7 Å². The molecule has 152 valence electrons. The molecular weight excluding hydrogens is 392 g/mol. The van der Waals surface area contributed by atoms with Crippen LogP contribution in [0.2, 0.25) is 5.02 Å². The van der Waals surface area contributed by atoms with Gasteiger partial charge in [0.25, 0.3) is 11.8 Å². The van der Waals surface area contributed by atoms with Gasteiger partial charge in [0.05, 0.1) is 24.0 Å². The van der Waals surface area contributed by atoms with Crippen molar-refractivity contribution in [3.8, 4) is 5.75 Å². The Hall–Kier alpha value is -2.83. The number of benzene rings is 2. The minimum absolute atomic E-state index is 0.0377. The predicted octanol–water partition coefficient (Wildman–Crippen LogP) is 3.34. The van der Waals surface area contributed by atoms with Crippen LogP contribution in [0.5, 0.6) is 5.75 Å². The van der Waals surface area contributed by atoms with Crippen LogP contribution in [0.3, 0.4) is 0 Å². The fourth-order valence-electron chi connectivity index (χ4n) is 3.21. The lowest BCUT2D eigenvalue weighted by Crippen LogP contribution is -2.34. The van der Waals surface area contributed by atoms with Crippen molar-refractivity contribution < 1.29 is 19.4 Å². The minimum Gasteiger partial charge on any atom is -0.491 e. The van der Waals surface area contributed by atoms with Gasteiger partial charge in [0, 0.05) is 24.7 Å². The van der Waals surface area contributed by atoms with Crippen LogP contribution in [0.4, 0.5) is 5.69 Å². The molecule has 2 amide bonds. The van der Waals surface area contributed by atoms with Gasteiger partial charge in [0.2, 0.25) is 0 Å². The molecule has 2 aromatic carbocycles. The van der Waals surface area contributed by atoms with E-state index in [1.165, 1.54) is 0 Å². The standard InChI is InChI=1S/C22H23ClN2O4/c1-14(2)29-18-6-4-5-17(13-18)25-21(27)19(15-7-9-16(23)10-8-15)20(22(25)28)24(3)11-12-26/h4-10,13-14,26H,11-12H2,1-3H3. The third-order valence-electron chi connectivity index (χ3n) is 4.46. The zero-order valence-electron chi connectivity index (χ0n) is 16.6. The van der Waals surface area contributed by atoms with Crippen molar-refractivity contribution in [2.24, 2.45) is 0 Å². The average Bonchev–Trinajstić information content (AvgIpc) is 2.93. The van der Waals surface area contributed by atoms with E-state index in [9.17, 15) is 14.7 Å². The molecule has 1 aliphatic rings. The maximum atomic E-state index is 13.3. The third kappa shape index (κ3) is 4.28. The van der Waals surface area contributed by atoms with Crippen molar-refractivity contribution in [2.75, 3.05) is 25.1 Å². The van der Waals surface area contributed by atoms with E-state index in [1.807, 2.05) is 13.8 Å². The van der Waals surface area contributed by atoms with E-state index < -0.39 is 11.8 Å². The van der Waals surface area contributed by atoms with E-state index in [4.69, 9.17) is 16.3 Å². The second-order valence-electron chi connectivity index (χ2n) is 6.99. The Bertz CT molecular complexity index is 954. The van der Waals surface area contributed by atoms with E-state index in [1.54, 1.807) is 60.5 Å². The van der Waals surface area contributed by atoms with Gasteiger partial charge < -0.3 is 14.7 Å². The molecule has 6 nitrogen and oxygen atoms in total. The number of carbonyl (C=O) groups is 2. The molecule has 0 saturated heterocycles. The molecule has 0 bridgehead atoms. The summed E-state index contributed by atoms with van der Waals surface area (Å²) in [6, 6.07) is 13.6. The smallest absolute Gasteiger partial charge is 0.282 e. The fourth-order valence-corrected chi connectivity index (χ4v) is 3.34. The van der Waals surface area contributed by atoms with E-state index >= 15 is 0 Å². The number of ether oxygens (including phenoxy) is 1. The molecular formula is C22H23ClN2O4. The topological polar surface area (TPSA) is 70.1 Å². The Morgan fingerprint density at radius 1 is 1.10 bits per heavy atom. The van der Waals surface area contributed by atoms with Crippen LogP contribution in [-0.2, 0) is 9.59 Å². The van der Waals surface area contributed by atoms with Gasteiger partial charge in [-0.15, -0.1) is 0 Å². The SMILES string of the molecule is CC(C)Oc1cccc(N2C(=O)C(c3ccc(Cl)cc3)=C(N(C)CCO)C2=O)c1. The molecule has 0 saturated carbocycles. The molecule has 0 fully saturated rings. The summed E-state index contributed by atoms with van der Waals surface area (Å²) < 4.78 is 5.70. The first kappa shape index (κ1) is 20.9. The molecule has 1 heterocycles. The Morgan fingerprint density at radius 3 is 2.41 bits per heavy atom. The highest BCUT2D eigenvalue weighted by molar-refractivity contribution is 6.45. The molecule has 0 radical (unpaired) electrons. The Morgan fingerprint density at radius 2 is 1.79 bits per heavy atom. The number of anilines is 1. The van der Waals surface area contributed by atoms with E-state index in [0.29, 0.717) is 22.0 Å². The molecule has 0 atom stereocenters. The highest BCUT2D eigenvalue weighted by Crippen LogP contribution is 2.35. The van der Waals surface area contributed by atoms with Crippen LogP contribution in [0, 0.1) is 0 Å². The molecule has 0 unspecified atom stereocenters. The van der Waals surface area contributed by atoms with Gasteiger partial charge in [0.1, 0.15) is 11.4 Å². The van der Waals surface area contributed by atoms with Crippen LogP contribution in [0.25, 0.3) is 5.57 Å². The van der Waals surface area contributed by atoms with Crippen LogP contribution in [-0.4, -0.2) is 48.1 Å². The number of aliphatic hydroxyl groups is 1. The number of imide groups is 1. The number of rotatable bonds is 7. The second kappa shape index (κ2) is 8.68. The van der Waals surface area contributed by atoms with Gasteiger partial charge in [-0.2, -0.15) is 0 Å². The maximum absolute atomic E-state index is 13.3. The van der Waals surface area contributed by atoms with E-state index in [0.717, 1.165) is 4.90 Å². The molecule has 0 aromatic heterocycles. The molecule has 29 heavy (non-hydrogen) atoms. The summed E-state index contributed by atoms with van der Waals surface area (Å²) in [6.45, 7) is 3.88. The summed E-state index contributed by atoms with van der Waals surface area (Å²) in [4.78, 5) is 29.3. The van der Waals surface area contributed by atoms with Gasteiger partial charge >= 0.3 is 0 Å². The molecule has 1 aliphatic heterocycles. The van der Waals surface area contributed by atoms with Gasteiger partial charge in [0.15, 0.2) is 0 Å². The molecule has 0 aliphatic carbocycles. The number of carbonyl (C=O) groups excluding carboxylic acids is 2. The van der Waals surface area contributed by atoms with Crippen LogP contribution in [0.15, 0.2) is 54.2 Å². The monoisotopic (exact) mass is 414 g/mol. The van der Waals surface area contributed by atoms with Gasteiger partial charge in [-0.25, -0.2) is 4.90 Å². The Balaban J connectivity index is 2.07. The molecule has 7 heteroatoms. The number of hydrogen-bond donors (Lipinski definition) is 1. The summed E-state index contributed by atoms with van der Waals surface area (Å²) in [6.07, 6.45) is -0.0377. The van der Waals surface area contributed by atoms with Gasteiger partial charge in [-0.05, 0) is 43.7 Å². The quantitative estimate of drug-likeness (QED) is 0.704. The summed E-state index contributed by atoms with van der Waals surface area (Å²) in [5.41, 5.74) is 1.53. The first-order valence-electron chi connectivity index (χ1n) is 9.31. The van der Waals surface area contributed by atoms with Gasteiger partial charge in [-0.1, -0.05) is 29.8 Å². The Labute approximate surface area is 174 Å². The number of hydrogen-bond acceptors (Lipinski definition) is 5. The maximum Gasteiger partial charge on any atom is 0.282 e. The zero-order chi connectivity index (χ0) is 21.1. The van der Waals surface area contributed by atoms with Crippen molar-refractivity contribution in [1.82, 2.24) is 4.90 Å². The zero-order valence-corrected chi connectivity index (χ0v) is 17.3.